The third kappa shape index (κ3) is 3.21. The van der Waals surface area contributed by atoms with Gasteiger partial charge in [-0.15, -0.1) is 11.3 Å². The minimum Gasteiger partial charge on any atom is -0.348 e. The van der Waals surface area contributed by atoms with E-state index in [1.807, 2.05) is 5.38 Å². The Morgan fingerprint density at radius 1 is 1.33 bits per heavy atom. The van der Waals surface area contributed by atoms with Crippen molar-refractivity contribution < 1.29 is 4.79 Å². The SMILES string of the molecule is CCCn1c(C)cc(-c2csc(NC(=O)c3cnccn3)n2)c1C. The molecule has 0 spiro atoms. The molecule has 0 fully saturated rings. The van der Waals surface area contributed by atoms with E-state index in [1.54, 1.807) is 0 Å². The summed E-state index contributed by atoms with van der Waals surface area (Å²) in [5, 5.41) is 5.29. The fraction of sp³-hybridized carbons (Fsp3) is 0.294. The molecule has 124 valence electrons. The average molecular weight is 341 g/mol. The van der Waals surface area contributed by atoms with Gasteiger partial charge in [0, 0.05) is 41.3 Å². The van der Waals surface area contributed by atoms with Crippen molar-refractivity contribution >= 4 is 22.4 Å². The number of hydrogen-bond acceptors (Lipinski definition) is 5. The summed E-state index contributed by atoms with van der Waals surface area (Å²) in [6.45, 7) is 7.38. The minimum absolute atomic E-state index is 0.273. The van der Waals surface area contributed by atoms with E-state index < -0.39 is 0 Å². The molecule has 0 aliphatic heterocycles. The lowest BCUT2D eigenvalue weighted by Gasteiger charge is -2.07. The predicted octanol–water partition coefficient (Wildman–Crippen LogP) is 3.68. The zero-order valence-corrected chi connectivity index (χ0v) is 14.7. The van der Waals surface area contributed by atoms with Crippen LogP contribution in [0.1, 0.15) is 35.2 Å². The van der Waals surface area contributed by atoms with Crippen LogP contribution in [-0.2, 0) is 6.54 Å². The van der Waals surface area contributed by atoms with E-state index in [-0.39, 0.29) is 11.6 Å². The standard InChI is InChI=1S/C17H19N5OS/c1-4-7-22-11(2)8-13(12(22)3)15-10-24-17(20-15)21-16(23)14-9-18-5-6-19-14/h5-6,8-10H,4,7H2,1-3H3,(H,20,21,23). The number of nitrogens with one attached hydrogen (secondary N) is 1. The molecule has 0 unspecified atom stereocenters. The predicted molar refractivity (Wildman–Crippen MR) is 95.3 cm³/mol. The zero-order chi connectivity index (χ0) is 17.1. The van der Waals surface area contributed by atoms with Crippen molar-refractivity contribution in [1.29, 1.82) is 0 Å². The highest BCUT2D eigenvalue weighted by molar-refractivity contribution is 7.14. The minimum atomic E-state index is -0.305. The fourth-order valence-electron chi connectivity index (χ4n) is 2.66. The van der Waals surface area contributed by atoms with E-state index in [2.05, 4.69) is 51.7 Å². The van der Waals surface area contributed by atoms with Crippen molar-refractivity contribution in [1.82, 2.24) is 19.5 Å². The maximum absolute atomic E-state index is 12.1. The number of nitrogens with zero attached hydrogens (tertiary/aromatic N) is 4. The van der Waals surface area contributed by atoms with Crippen molar-refractivity contribution in [2.75, 3.05) is 5.32 Å². The van der Waals surface area contributed by atoms with Gasteiger partial charge in [0.05, 0.1) is 11.9 Å². The number of aromatic nitrogens is 4. The van der Waals surface area contributed by atoms with E-state index in [0.29, 0.717) is 5.13 Å². The van der Waals surface area contributed by atoms with E-state index in [9.17, 15) is 4.79 Å². The first kappa shape index (κ1) is 16.3. The number of amides is 1. The van der Waals surface area contributed by atoms with Crippen molar-refractivity contribution in [2.45, 2.75) is 33.7 Å². The summed E-state index contributed by atoms with van der Waals surface area (Å²) in [7, 11) is 0. The van der Waals surface area contributed by atoms with Crippen LogP contribution in [0.5, 0.6) is 0 Å². The van der Waals surface area contributed by atoms with Crippen LogP contribution in [0.2, 0.25) is 0 Å². The van der Waals surface area contributed by atoms with Crippen LogP contribution >= 0.6 is 11.3 Å². The Kier molecular flexibility index (Phi) is 4.71. The molecule has 0 saturated heterocycles. The number of hydrogen-bond donors (Lipinski definition) is 1. The molecule has 0 aliphatic carbocycles. The molecule has 0 bridgehead atoms. The Labute approximate surface area is 144 Å². The highest BCUT2D eigenvalue weighted by Crippen LogP contribution is 2.30. The molecule has 0 radical (unpaired) electrons. The number of rotatable bonds is 5. The van der Waals surface area contributed by atoms with Crippen LogP contribution in [0, 0.1) is 13.8 Å². The van der Waals surface area contributed by atoms with E-state index in [1.165, 1.54) is 41.3 Å². The highest BCUT2D eigenvalue weighted by atomic mass is 32.1. The van der Waals surface area contributed by atoms with Gasteiger partial charge < -0.3 is 4.57 Å². The van der Waals surface area contributed by atoms with Crippen LogP contribution in [0.4, 0.5) is 5.13 Å². The number of thiazole rings is 1. The maximum Gasteiger partial charge on any atom is 0.277 e. The molecule has 0 aromatic carbocycles. The topological polar surface area (TPSA) is 72.7 Å². The van der Waals surface area contributed by atoms with Gasteiger partial charge in [-0.25, -0.2) is 9.97 Å². The van der Waals surface area contributed by atoms with Gasteiger partial charge in [0.25, 0.3) is 5.91 Å². The summed E-state index contributed by atoms with van der Waals surface area (Å²) >= 11 is 1.40. The van der Waals surface area contributed by atoms with Gasteiger partial charge in [-0.2, -0.15) is 0 Å². The molecule has 3 heterocycles. The quantitative estimate of drug-likeness (QED) is 0.768. The summed E-state index contributed by atoms with van der Waals surface area (Å²) in [5.41, 5.74) is 4.69. The first-order chi connectivity index (χ1) is 11.6. The van der Waals surface area contributed by atoms with Gasteiger partial charge in [-0.1, -0.05) is 6.92 Å². The van der Waals surface area contributed by atoms with Crippen molar-refractivity contribution in [3.8, 4) is 11.3 Å². The van der Waals surface area contributed by atoms with Crippen LogP contribution < -0.4 is 5.32 Å². The number of aryl methyl sites for hydroxylation is 1. The summed E-state index contributed by atoms with van der Waals surface area (Å²) in [4.78, 5) is 24.6. The molecular formula is C17H19N5OS. The number of carbonyl (C=O) groups excluding carboxylic acids is 1. The number of carbonyl (C=O) groups is 1. The smallest absolute Gasteiger partial charge is 0.277 e. The molecule has 0 aliphatic rings. The van der Waals surface area contributed by atoms with Crippen molar-refractivity contribution in [3.63, 3.8) is 0 Å². The van der Waals surface area contributed by atoms with E-state index >= 15 is 0 Å². The molecule has 3 aromatic rings. The lowest BCUT2D eigenvalue weighted by atomic mass is 10.2. The van der Waals surface area contributed by atoms with Gasteiger partial charge in [0.2, 0.25) is 0 Å². The second-order valence-corrected chi connectivity index (χ2v) is 6.38. The highest BCUT2D eigenvalue weighted by Gasteiger charge is 2.15. The molecule has 0 atom stereocenters. The monoisotopic (exact) mass is 341 g/mol. The lowest BCUT2D eigenvalue weighted by molar-refractivity contribution is 0.102. The summed E-state index contributed by atoms with van der Waals surface area (Å²) < 4.78 is 2.30. The van der Waals surface area contributed by atoms with Crippen LogP contribution in [0.15, 0.2) is 30.0 Å². The molecule has 7 heteroatoms. The summed E-state index contributed by atoms with van der Waals surface area (Å²) in [6.07, 6.45) is 5.55. The Bertz CT molecular complexity index is 853. The third-order valence-electron chi connectivity index (χ3n) is 3.82. The van der Waals surface area contributed by atoms with E-state index in [0.717, 1.165) is 24.2 Å². The Hall–Kier alpha value is -2.54. The normalized spacial score (nSPS) is 10.8. The molecule has 24 heavy (non-hydrogen) atoms. The molecular weight excluding hydrogens is 322 g/mol. The van der Waals surface area contributed by atoms with Gasteiger partial charge in [0.1, 0.15) is 5.69 Å². The largest absolute Gasteiger partial charge is 0.348 e. The van der Waals surface area contributed by atoms with Gasteiger partial charge in [0.15, 0.2) is 5.13 Å². The van der Waals surface area contributed by atoms with Crippen LogP contribution in [0.25, 0.3) is 11.3 Å². The first-order valence-electron chi connectivity index (χ1n) is 7.80. The van der Waals surface area contributed by atoms with Gasteiger partial charge in [-0.3, -0.25) is 15.1 Å². The maximum atomic E-state index is 12.1. The molecule has 1 N–H and O–H groups in total. The summed E-state index contributed by atoms with van der Waals surface area (Å²) in [6, 6.07) is 2.15. The van der Waals surface area contributed by atoms with Gasteiger partial charge in [-0.05, 0) is 26.3 Å². The second-order valence-electron chi connectivity index (χ2n) is 5.52. The molecule has 0 saturated carbocycles. The zero-order valence-electron chi connectivity index (χ0n) is 13.9. The molecule has 6 nitrogen and oxygen atoms in total. The lowest BCUT2D eigenvalue weighted by Crippen LogP contribution is -2.13. The molecule has 3 rings (SSSR count). The van der Waals surface area contributed by atoms with Crippen LogP contribution in [-0.4, -0.2) is 25.4 Å². The first-order valence-corrected chi connectivity index (χ1v) is 8.68. The molecule has 3 aromatic heterocycles. The Morgan fingerprint density at radius 2 is 2.17 bits per heavy atom. The van der Waals surface area contributed by atoms with Crippen molar-refractivity contribution in [2.24, 2.45) is 0 Å². The summed E-state index contributed by atoms with van der Waals surface area (Å²) in [5.74, 6) is -0.305. The molecule has 1 amide bonds. The average Bonchev–Trinajstić information content (AvgIpc) is 3.15. The van der Waals surface area contributed by atoms with Crippen molar-refractivity contribution in [3.05, 3.63) is 47.1 Å². The third-order valence-corrected chi connectivity index (χ3v) is 4.57. The van der Waals surface area contributed by atoms with E-state index in [4.69, 9.17) is 0 Å². The fourth-order valence-corrected chi connectivity index (χ4v) is 3.37. The van der Waals surface area contributed by atoms with Gasteiger partial charge >= 0.3 is 0 Å². The van der Waals surface area contributed by atoms with Crippen LogP contribution in [0.3, 0.4) is 0 Å². The number of anilines is 1. The Morgan fingerprint density at radius 3 is 2.88 bits per heavy atom. The Balaban J connectivity index is 1.81. The second kappa shape index (κ2) is 6.92.